The van der Waals surface area contributed by atoms with E-state index in [0.29, 0.717) is 49.7 Å². The van der Waals surface area contributed by atoms with E-state index in [0.717, 1.165) is 44.5 Å². The Hall–Kier alpha value is -5.34. The Morgan fingerprint density at radius 1 is 0.923 bits per heavy atom. The molecule has 0 bridgehead atoms. The van der Waals surface area contributed by atoms with Gasteiger partial charge in [-0.05, 0) is 65.6 Å². The van der Waals surface area contributed by atoms with E-state index in [2.05, 4.69) is 50.0 Å². The Labute approximate surface area is 303 Å². The highest BCUT2D eigenvalue weighted by Gasteiger charge is 2.39. The number of benzene rings is 3. The number of tetrazole rings is 1. The van der Waals surface area contributed by atoms with Crippen LogP contribution in [0.4, 0.5) is 4.79 Å². The number of methoxy groups -OCH3 is 1. The first-order valence-electron chi connectivity index (χ1n) is 17.8. The highest BCUT2D eigenvalue weighted by Crippen LogP contribution is 2.34. The lowest BCUT2D eigenvalue weighted by atomic mass is 9.80. The number of rotatable bonds is 13. The molecule has 2 aliphatic rings. The van der Waals surface area contributed by atoms with Gasteiger partial charge in [0.2, 0.25) is 0 Å². The molecule has 274 valence electrons. The Morgan fingerprint density at radius 3 is 2.25 bits per heavy atom. The van der Waals surface area contributed by atoms with Crippen LogP contribution in [0.25, 0.3) is 5.69 Å². The Morgan fingerprint density at radius 2 is 1.62 bits per heavy atom. The van der Waals surface area contributed by atoms with E-state index in [-0.39, 0.29) is 24.4 Å². The maximum Gasteiger partial charge on any atom is 0.318 e. The molecular formula is C38H47N9O5. The first-order valence-corrected chi connectivity index (χ1v) is 17.8. The molecule has 2 N–H and O–H groups in total. The summed E-state index contributed by atoms with van der Waals surface area (Å²) in [4.78, 5) is 46.5. The number of piperazine rings is 1. The van der Waals surface area contributed by atoms with E-state index in [1.165, 1.54) is 16.6 Å². The van der Waals surface area contributed by atoms with Crippen molar-refractivity contribution in [3.63, 3.8) is 0 Å². The van der Waals surface area contributed by atoms with Crippen molar-refractivity contribution in [2.45, 2.75) is 30.7 Å². The zero-order valence-electron chi connectivity index (χ0n) is 29.8. The average Bonchev–Trinajstić information content (AvgIpc) is 3.72. The first-order chi connectivity index (χ1) is 25.2. The maximum atomic E-state index is 13.9. The summed E-state index contributed by atoms with van der Waals surface area (Å²) in [6, 6.07) is 25.7. The van der Waals surface area contributed by atoms with E-state index in [9.17, 15) is 14.4 Å². The second-order valence-electron chi connectivity index (χ2n) is 13.6. The number of urea groups is 1. The second-order valence-corrected chi connectivity index (χ2v) is 13.6. The van der Waals surface area contributed by atoms with E-state index >= 15 is 0 Å². The van der Waals surface area contributed by atoms with Gasteiger partial charge in [-0.2, -0.15) is 0 Å². The van der Waals surface area contributed by atoms with Gasteiger partial charge >= 0.3 is 12.0 Å². The van der Waals surface area contributed by atoms with Crippen molar-refractivity contribution >= 4 is 17.9 Å². The van der Waals surface area contributed by atoms with Gasteiger partial charge < -0.3 is 29.9 Å². The SMILES string of the molecule is COc1ccc(-n2cnnn2)cc1C(=O)N(C)CC(CCN1CCC(NC(=O)N2CCN(CC(=O)O)CC2)(c2ccccc2)CC1)c1ccccc1. The van der Waals surface area contributed by atoms with Crippen molar-refractivity contribution in [3.05, 3.63) is 102 Å². The standard InChI is InChI=1S/C38H47N9O5/c1-43(36(50)33-25-32(13-14-34(33)52-2)47-28-39-41-42-47)26-30(29-9-5-3-6-10-29)15-18-44-19-16-38(17-20-44,31-11-7-4-8-12-31)40-37(51)46-23-21-45(22-24-46)27-35(48)49/h3-14,25,28,30H,15-24,26-27H2,1-2H3,(H,40,51)(H,48,49). The van der Waals surface area contributed by atoms with Gasteiger partial charge in [0, 0.05) is 58.8 Å². The normalized spacial score (nSPS) is 16.9. The van der Waals surface area contributed by atoms with Gasteiger partial charge in [0.05, 0.1) is 30.4 Å². The third-order valence-corrected chi connectivity index (χ3v) is 10.3. The smallest absolute Gasteiger partial charge is 0.318 e. The Bertz CT molecular complexity index is 1780. The van der Waals surface area contributed by atoms with Crippen LogP contribution < -0.4 is 10.1 Å². The molecule has 0 radical (unpaired) electrons. The van der Waals surface area contributed by atoms with Crippen molar-refractivity contribution in [1.29, 1.82) is 0 Å². The van der Waals surface area contributed by atoms with Gasteiger partial charge in [-0.15, -0.1) is 5.10 Å². The summed E-state index contributed by atoms with van der Waals surface area (Å²) in [6.45, 7) is 5.01. The summed E-state index contributed by atoms with van der Waals surface area (Å²) in [5, 5.41) is 24.0. The van der Waals surface area contributed by atoms with Crippen LogP contribution in [0, 0.1) is 0 Å². The zero-order chi connectivity index (χ0) is 36.5. The quantitative estimate of drug-likeness (QED) is 0.212. The molecule has 14 heteroatoms. The molecule has 2 aliphatic heterocycles. The third kappa shape index (κ3) is 8.75. The molecule has 0 saturated carbocycles. The molecule has 3 amide bonds. The van der Waals surface area contributed by atoms with E-state index in [1.54, 1.807) is 35.1 Å². The van der Waals surface area contributed by atoms with Gasteiger partial charge in [0.25, 0.3) is 5.91 Å². The largest absolute Gasteiger partial charge is 0.496 e. The number of carboxylic acid groups (broad SMARTS) is 1. The Balaban J connectivity index is 1.11. The van der Waals surface area contributed by atoms with Crippen LogP contribution in [0.15, 0.2) is 85.2 Å². The van der Waals surface area contributed by atoms with Crippen LogP contribution in [0.2, 0.25) is 0 Å². The van der Waals surface area contributed by atoms with E-state index < -0.39 is 11.5 Å². The molecule has 0 spiro atoms. The highest BCUT2D eigenvalue weighted by atomic mass is 16.5. The number of nitrogens with one attached hydrogen (secondary N) is 1. The molecule has 0 aliphatic carbocycles. The number of ether oxygens (including phenoxy) is 1. The van der Waals surface area contributed by atoms with Crippen LogP contribution in [-0.4, -0.2) is 136 Å². The zero-order valence-corrected chi connectivity index (χ0v) is 29.8. The number of aliphatic carboxylic acids is 1. The number of nitrogens with zero attached hydrogens (tertiary/aromatic N) is 8. The summed E-state index contributed by atoms with van der Waals surface area (Å²) in [5.74, 6) is -0.443. The molecule has 52 heavy (non-hydrogen) atoms. The maximum absolute atomic E-state index is 13.9. The second kappa shape index (κ2) is 16.8. The minimum absolute atomic E-state index is 0.0113. The number of hydrogen-bond donors (Lipinski definition) is 2. The Kier molecular flexibility index (Phi) is 11.8. The fourth-order valence-corrected chi connectivity index (χ4v) is 7.32. The first kappa shape index (κ1) is 36.5. The number of amides is 3. The number of likely N-dealkylation sites (tertiary alicyclic amines) is 1. The van der Waals surface area contributed by atoms with E-state index in [1.807, 2.05) is 48.3 Å². The number of piperidine rings is 1. The summed E-state index contributed by atoms with van der Waals surface area (Å²) >= 11 is 0. The van der Waals surface area contributed by atoms with Gasteiger partial charge in [-0.1, -0.05) is 60.7 Å². The average molecular weight is 710 g/mol. The molecule has 1 unspecified atom stereocenters. The van der Waals surface area contributed by atoms with E-state index in [4.69, 9.17) is 9.84 Å². The number of carbonyl (C=O) groups is 3. The van der Waals surface area contributed by atoms with Gasteiger partial charge in [-0.3, -0.25) is 14.5 Å². The van der Waals surface area contributed by atoms with Crippen LogP contribution in [0.1, 0.15) is 46.7 Å². The third-order valence-electron chi connectivity index (χ3n) is 10.3. The summed E-state index contributed by atoms with van der Waals surface area (Å²) in [6.07, 6.45) is 3.84. The van der Waals surface area contributed by atoms with Gasteiger partial charge in [-0.25, -0.2) is 9.48 Å². The molecule has 1 aromatic heterocycles. The molecular weight excluding hydrogens is 662 g/mol. The molecule has 1 atom stereocenters. The molecule has 4 aromatic rings. The lowest BCUT2D eigenvalue weighted by molar-refractivity contribution is -0.138. The lowest BCUT2D eigenvalue weighted by Gasteiger charge is -2.44. The fourth-order valence-electron chi connectivity index (χ4n) is 7.32. The van der Waals surface area contributed by atoms with Crippen molar-refractivity contribution in [3.8, 4) is 11.4 Å². The molecule has 14 nitrogen and oxygen atoms in total. The van der Waals surface area contributed by atoms with Gasteiger partial charge in [0.15, 0.2) is 0 Å². The summed E-state index contributed by atoms with van der Waals surface area (Å²) in [7, 11) is 3.38. The van der Waals surface area contributed by atoms with Crippen LogP contribution in [0.5, 0.6) is 5.75 Å². The van der Waals surface area contributed by atoms with Gasteiger partial charge in [0.1, 0.15) is 12.1 Å². The van der Waals surface area contributed by atoms with Crippen LogP contribution in [-0.2, 0) is 10.3 Å². The number of aromatic nitrogens is 4. The van der Waals surface area contributed by atoms with Crippen LogP contribution >= 0.6 is 0 Å². The highest BCUT2D eigenvalue weighted by molar-refractivity contribution is 5.97. The summed E-state index contributed by atoms with van der Waals surface area (Å²) in [5.41, 5.74) is 2.85. The lowest BCUT2D eigenvalue weighted by Crippen LogP contribution is -2.59. The van der Waals surface area contributed by atoms with Crippen molar-refractivity contribution < 1.29 is 24.2 Å². The molecule has 2 saturated heterocycles. The topological polar surface area (TPSA) is 149 Å². The molecule has 3 heterocycles. The predicted octanol–water partition coefficient (Wildman–Crippen LogP) is 3.32. The summed E-state index contributed by atoms with van der Waals surface area (Å²) < 4.78 is 7.07. The van der Waals surface area contributed by atoms with Crippen molar-refractivity contribution in [1.82, 2.24) is 45.1 Å². The number of carboxylic acids is 1. The van der Waals surface area contributed by atoms with Crippen molar-refractivity contribution in [2.75, 3.05) is 73.1 Å². The van der Waals surface area contributed by atoms with Crippen LogP contribution in [0.3, 0.4) is 0 Å². The minimum atomic E-state index is -0.854. The van der Waals surface area contributed by atoms with Crippen molar-refractivity contribution in [2.24, 2.45) is 0 Å². The molecule has 3 aromatic carbocycles. The number of likely N-dealkylation sites (N-methyl/N-ethyl adjacent to an activating group) is 1. The predicted molar refractivity (Wildman–Crippen MR) is 194 cm³/mol. The molecule has 2 fully saturated rings. The fraction of sp³-hybridized carbons (Fsp3) is 0.421. The monoisotopic (exact) mass is 709 g/mol. The molecule has 6 rings (SSSR count). The minimum Gasteiger partial charge on any atom is -0.496 e. The number of hydrogen-bond acceptors (Lipinski definition) is 9. The number of carbonyl (C=O) groups excluding carboxylic acids is 2.